The fourth-order valence-electron chi connectivity index (χ4n) is 5.10. The van der Waals surface area contributed by atoms with E-state index in [0.717, 1.165) is 36.8 Å². The molecule has 0 radical (unpaired) electrons. The predicted octanol–water partition coefficient (Wildman–Crippen LogP) is 7.27. The summed E-state index contributed by atoms with van der Waals surface area (Å²) in [5.74, 6) is 0.189. The molecular formula is C32H32FNO5. The molecule has 0 aliphatic carbocycles. The normalized spacial score (nSPS) is 14.6. The fraction of sp³-hybridized carbons (Fsp3) is 0.312. The van der Waals surface area contributed by atoms with E-state index < -0.39 is 17.8 Å². The van der Waals surface area contributed by atoms with Gasteiger partial charge in [-0.05, 0) is 85.5 Å². The van der Waals surface area contributed by atoms with Crippen molar-refractivity contribution in [3.05, 3.63) is 98.7 Å². The number of ether oxygens (including phenoxy) is 2. The van der Waals surface area contributed by atoms with E-state index in [4.69, 9.17) is 13.9 Å². The van der Waals surface area contributed by atoms with Crippen molar-refractivity contribution >= 4 is 22.6 Å². The van der Waals surface area contributed by atoms with E-state index >= 15 is 0 Å². The number of hydrogen-bond acceptors (Lipinski definition) is 5. The van der Waals surface area contributed by atoms with Gasteiger partial charge in [0, 0.05) is 5.69 Å². The summed E-state index contributed by atoms with van der Waals surface area (Å²) in [6, 6.07) is 13.8. The van der Waals surface area contributed by atoms with Crippen molar-refractivity contribution in [2.75, 3.05) is 18.6 Å². The molecule has 2 heterocycles. The van der Waals surface area contributed by atoms with E-state index in [1.165, 1.54) is 29.2 Å². The van der Waals surface area contributed by atoms with Crippen LogP contribution in [0.2, 0.25) is 0 Å². The molecule has 0 bridgehead atoms. The van der Waals surface area contributed by atoms with Gasteiger partial charge in [-0.15, -0.1) is 0 Å². The summed E-state index contributed by atoms with van der Waals surface area (Å²) in [4.78, 5) is 29.2. The van der Waals surface area contributed by atoms with E-state index in [0.29, 0.717) is 40.3 Å². The monoisotopic (exact) mass is 529 g/mol. The van der Waals surface area contributed by atoms with Crippen LogP contribution in [0.25, 0.3) is 11.0 Å². The molecule has 202 valence electrons. The molecule has 7 heteroatoms. The van der Waals surface area contributed by atoms with Crippen molar-refractivity contribution in [1.82, 2.24) is 0 Å². The highest BCUT2D eigenvalue weighted by molar-refractivity contribution is 6.10. The number of carbonyl (C=O) groups excluding carboxylic acids is 1. The molecule has 1 aromatic heterocycles. The number of unbranched alkanes of at least 4 members (excludes halogenated alkanes) is 3. The zero-order valence-electron chi connectivity index (χ0n) is 22.7. The largest absolute Gasteiger partial charge is 0.493 e. The average molecular weight is 530 g/mol. The standard InChI is InChI=1S/C32H32FNO5/c1-5-6-7-8-15-38-25-14-9-21(18-27(25)37-4)29-28-30(35)24-16-19(2)20(3)17-26(24)39-31(28)32(36)34(29)23-12-10-22(33)11-13-23/h9-14,16-18,29H,5-8,15H2,1-4H3. The van der Waals surface area contributed by atoms with E-state index in [-0.39, 0.29) is 16.8 Å². The van der Waals surface area contributed by atoms with Gasteiger partial charge in [-0.2, -0.15) is 0 Å². The molecule has 0 saturated carbocycles. The van der Waals surface area contributed by atoms with Crippen LogP contribution in [0.5, 0.6) is 11.5 Å². The molecule has 4 aromatic rings. The summed E-state index contributed by atoms with van der Waals surface area (Å²) in [7, 11) is 1.56. The van der Waals surface area contributed by atoms with Crippen LogP contribution in [0, 0.1) is 19.7 Å². The summed E-state index contributed by atoms with van der Waals surface area (Å²) in [6.07, 6.45) is 4.33. The third kappa shape index (κ3) is 4.89. The molecule has 5 rings (SSSR count). The van der Waals surface area contributed by atoms with Crippen LogP contribution >= 0.6 is 0 Å². The summed E-state index contributed by atoms with van der Waals surface area (Å²) in [6.45, 7) is 6.59. The van der Waals surface area contributed by atoms with Crippen molar-refractivity contribution in [3.8, 4) is 11.5 Å². The maximum atomic E-state index is 13.9. The molecule has 39 heavy (non-hydrogen) atoms. The molecule has 0 fully saturated rings. The molecule has 1 atom stereocenters. The first kappa shape index (κ1) is 26.5. The van der Waals surface area contributed by atoms with Gasteiger partial charge in [-0.1, -0.05) is 32.3 Å². The van der Waals surface area contributed by atoms with Gasteiger partial charge in [-0.3, -0.25) is 14.5 Å². The van der Waals surface area contributed by atoms with Crippen LogP contribution in [0.15, 0.2) is 63.8 Å². The van der Waals surface area contributed by atoms with Crippen LogP contribution in [0.1, 0.15) is 71.5 Å². The molecule has 0 saturated heterocycles. The minimum Gasteiger partial charge on any atom is -0.493 e. The Balaban J connectivity index is 1.64. The van der Waals surface area contributed by atoms with Gasteiger partial charge in [0.2, 0.25) is 5.76 Å². The number of nitrogens with zero attached hydrogens (tertiary/aromatic N) is 1. The number of halogens is 1. The lowest BCUT2D eigenvalue weighted by molar-refractivity contribution is 0.0971. The van der Waals surface area contributed by atoms with Gasteiger partial charge in [-0.25, -0.2) is 4.39 Å². The van der Waals surface area contributed by atoms with Gasteiger partial charge in [0.15, 0.2) is 16.9 Å². The van der Waals surface area contributed by atoms with Crippen molar-refractivity contribution in [2.45, 2.75) is 52.5 Å². The third-order valence-electron chi connectivity index (χ3n) is 7.35. The van der Waals surface area contributed by atoms with Crippen LogP contribution in [0.3, 0.4) is 0 Å². The second-order valence-corrected chi connectivity index (χ2v) is 9.98. The molecule has 0 N–H and O–H groups in total. The minimum absolute atomic E-state index is 0.0136. The number of fused-ring (bicyclic) bond motifs is 2. The quantitative estimate of drug-likeness (QED) is 0.213. The number of benzene rings is 3. The van der Waals surface area contributed by atoms with Gasteiger partial charge in [0.05, 0.1) is 30.7 Å². The maximum absolute atomic E-state index is 13.9. The van der Waals surface area contributed by atoms with Crippen molar-refractivity contribution in [3.63, 3.8) is 0 Å². The Kier molecular flexibility index (Phi) is 7.42. The maximum Gasteiger partial charge on any atom is 0.295 e. The first-order valence-corrected chi connectivity index (χ1v) is 13.3. The molecule has 6 nitrogen and oxygen atoms in total. The molecule has 0 spiro atoms. The molecule has 1 aliphatic heterocycles. The van der Waals surface area contributed by atoms with Crippen molar-refractivity contribution < 1.29 is 23.1 Å². The van der Waals surface area contributed by atoms with Crippen LogP contribution in [0.4, 0.5) is 10.1 Å². The third-order valence-corrected chi connectivity index (χ3v) is 7.35. The SMILES string of the molecule is CCCCCCOc1ccc(C2c3c(oc4cc(C)c(C)cc4c3=O)C(=O)N2c2ccc(F)cc2)cc1OC. The highest BCUT2D eigenvalue weighted by Crippen LogP contribution is 2.43. The van der Waals surface area contributed by atoms with Crippen LogP contribution < -0.4 is 19.8 Å². The Labute approximate surface area is 227 Å². The van der Waals surface area contributed by atoms with Gasteiger partial charge >= 0.3 is 0 Å². The number of carbonyl (C=O) groups is 1. The number of anilines is 1. The Morgan fingerprint density at radius 1 is 0.923 bits per heavy atom. The molecule has 1 aliphatic rings. The number of rotatable bonds is 9. The number of amides is 1. The first-order valence-electron chi connectivity index (χ1n) is 13.3. The second kappa shape index (κ2) is 10.9. The summed E-state index contributed by atoms with van der Waals surface area (Å²) in [5, 5.41) is 0.412. The number of hydrogen-bond donors (Lipinski definition) is 0. The Morgan fingerprint density at radius 2 is 1.67 bits per heavy atom. The topological polar surface area (TPSA) is 69.0 Å². The lowest BCUT2D eigenvalue weighted by atomic mass is 9.97. The summed E-state index contributed by atoms with van der Waals surface area (Å²) >= 11 is 0. The fourth-order valence-corrected chi connectivity index (χ4v) is 5.10. The molecule has 1 unspecified atom stereocenters. The molecule has 3 aromatic carbocycles. The van der Waals surface area contributed by atoms with Crippen LogP contribution in [-0.4, -0.2) is 19.6 Å². The zero-order valence-corrected chi connectivity index (χ0v) is 22.7. The smallest absolute Gasteiger partial charge is 0.295 e. The van der Waals surface area contributed by atoms with E-state index in [1.54, 1.807) is 31.4 Å². The first-order chi connectivity index (χ1) is 18.8. The van der Waals surface area contributed by atoms with Gasteiger partial charge in [0.1, 0.15) is 11.4 Å². The number of aryl methyl sites for hydroxylation is 2. The molecular weight excluding hydrogens is 497 g/mol. The Bertz CT molecular complexity index is 1590. The summed E-state index contributed by atoms with van der Waals surface area (Å²) < 4.78 is 31.5. The highest BCUT2D eigenvalue weighted by Gasteiger charge is 2.44. The van der Waals surface area contributed by atoms with Crippen molar-refractivity contribution in [2.24, 2.45) is 0 Å². The lowest BCUT2D eigenvalue weighted by Gasteiger charge is -2.26. The second-order valence-electron chi connectivity index (χ2n) is 9.98. The van der Waals surface area contributed by atoms with Gasteiger partial charge < -0.3 is 13.9 Å². The van der Waals surface area contributed by atoms with Crippen LogP contribution in [-0.2, 0) is 0 Å². The highest BCUT2D eigenvalue weighted by atomic mass is 19.1. The molecule has 1 amide bonds. The number of methoxy groups -OCH3 is 1. The Morgan fingerprint density at radius 3 is 2.38 bits per heavy atom. The average Bonchev–Trinajstić information content (AvgIpc) is 3.22. The predicted molar refractivity (Wildman–Crippen MR) is 150 cm³/mol. The van der Waals surface area contributed by atoms with E-state index in [1.807, 2.05) is 19.9 Å². The zero-order chi connectivity index (χ0) is 27.7. The van der Waals surface area contributed by atoms with E-state index in [2.05, 4.69) is 6.92 Å². The van der Waals surface area contributed by atoms with Crippen molar-refractivity contribution in [1.29, 1.82) is 0 Å². The van der Waals surface area contributed by atoms with E-state index in [9.17, 15) is 14.0 Å². The minimum atomic E-state index is -0.798. The lowest BCUT2D eigenvalue weighted by Crippen LogP contribution is -2.29. The summed E-state index contributed by atoms with van der Waals surface area (Å²) in [5.41, 5.74) is 3.34. The Hall–Kier alpha value is -4.13. The van der Waals surface area contributed by atoms with Gasteiger partial charge in [0.25, 0.3) is 5.91 Å².